The lowest BCUT2D eigenvalue weighted by Gasteiger charge is -2.15. The van der Waals surface area contributed by atoms with E-state index in [0.29, 0.717) is 23.2 Å². The fourth-order valence-electron chi connectivity index (χ4n) is 2.65. The van der Waals surface area contributed by atoms with Gasteiger partial charge in [-0.2, -0.15) is 5.10 Å². The number of rotatable bonds is 7. The van der Waals surface area contributed by atoms with Gasteiger partial charge in [0.25, 0.3) is 0 Å². The van der Waals surface area contributed by atoms with Crippen LogP contribution in [0.15, 0.2) is 17.4 Å². The Labute approximate surface area is 138 Å². The van der Waals surface area contributed by atoms with Crippen LogP contribution in [0.2, 0.25) is 0 Å². The first-order chi connectivity index (χ1) is 11.2. The van der Waals surface area contributed by atoms with Gasteiger partial charge in [0, 0.05) is 6.07 Å². The molecule has 0 spiro atoms. The molecule has 9 heteroatoms. The Hall–Kier alpha value is -1.90. The SMILES string of the molecule is CC(C1CC1)n1nccc1NC(=O)CSc1nnnn1C1CC1. The van der Waals surface area contributed by atoms with Crippen molar-refractivity contribution < 1.29 is 4.79 Å². The summed E-state index contributed by atoms with van der Waals surface area (Å²) in [6.07, 6.45) is 6.45. The number of thioether (sulfide) groups is 1. The maximum absolute atomic E-state index is 12.2. The fourth-order valence-corrected chi connectivity index (χ4v) is 3.40. The van der Waals surface area contributed by atoms with E-state index in [2.05, 4.69) is 32.9 Å². The van der Waals surface area contributed by atoms with Gasteiger partial charge in [-0.15, -0.1) is 5.10 Å². The molecule has 8 nitrogen and oxygen atoms in total. The molecule has 23 heavy (non-hydrogen) atoms. The highest BCUT2D eigenvalue weighted by Gasteiger charge is 2.31. The van der Waals surface area contributed by atoms with E-state index in [0.717, 1.165) is 18.7 Å². The van der Waals surface area contributed by atoms with Gasteiger partial charge in [-0.05, 0) is 49.0 Å². The first kappa shape index (κ1) is 14.7. The van der Waals surface area contributed by atoms with E-state index < -0.39 is 0 Å². The molecule has 122 valence electrons. The molecule has 1 atom stereocenters. The number of aromatic nitrogens is 6. The van der Waals surface area contributed by atoms with Crippen LogP contribution >= 0.6 is 11.8 Å². The molecule has 4 rings (SSSR count). The van der Waals surface area contributed by atoms with E-state index in [1.807, 2.05) is 15.4 Å². The standard InChI is InChI=1S/C14H19N7OS/c1-9(10-2-3-10)20-12(6-7-15-20)16-13(22)8-23-14-17-18-19-21(14)11-4-5-11/h6-7,9-11H,2-5,8H2,1H3,(H,16,22). The van der Waals surface area contributed by atoms with Crippen molar-refractivity contribution in [3.8, 4) is 0 Å². The molecule has 2 aliphatic rings. The second-order valence-electron chi connectivity index (χ2n) is 6.21. The van der Waals surface area contributed by atoms with Gasteiger partial charge in [-0.25, -0.2) is 9.36 Å². The van der Waals surface area contributed by atoms with E-state index in [9.17, 15) is 4.79 Å². The fraction of sp³-hybridized carbons (Fsp3) is 0.643. The summed E-state index contributed by atoms with van der Waals surface area (Å²) in [5.74, 6) is 1.67. The van der Waals surface area contributed by atoms with Crippen molar-refractivity contribution in [1.29, 1.82) is 0 Å². The van der Waals surface area contributed by atoms with Crippen LogP contribution in [0.25, 0.3) is 0 Å². The monoisotopic (exact) mass is 333 g/mol. The third-order valence-corrected chi connectivity index (χ3v) is 5.25. The van der Waals surface area contributed by atoms with Crippen molar-refractivity contribution in [3.63, 3.8) is 0 Å². The zero-order chi connectivity index (χ0) is 15.8. The summed E-state index contributed by atoms with van der Waals surface area (Å²) < 4.78 is 3.73. The number of carbonyl (C=O) groups is 1. The average molecular weight is 333 g/mol. The molecule has 2 aromatic heterocycles. The first-order valence-corrected chi connectivity index (χ1v) is 8.95. The number of nitrogens with zero attached hydrogens (tertiary/aromatic N) is 6. The molecular weight excluding hydrogens is 314 g/mol. The van der Waals surface area contributed by atoms with E-state index in [4.69, 9.17) is 0 Å². The zero-order valence-corrected chi connectivity index (χ0v) is 13.7. The van der Waals surface area contributed by atoms with Gasteiger partial charge in [0.05, 0.1) is 24.0 Å². The van der Waals surface area contributed by atoms with Crippen molar-refractivity contribution in [2.24, 2.45) is 5.92 Å². The summed E-state index contributed by atoms with van der Waals surface area (Å²) in [5, 5.41) is 19.7. The van der Waals surface area contributed by atoms with Gasteiger partial charge < -0.3 is 5.32 Å². The Bertz CT molecular complexity index is 704. The van der Waals surface area contributed by atoms with Crippen molar-refractivity contribution in [2.75, 3.05) is 11.1 Å². The third kappa shape index (κ3) is 3.24. The number of nitrogens with one attached hydrogen (secondary N) is 1. The minimum atomic E-state index is -0.0647. The lowest BCUT2D eigenvalue weighted by Crippen LogP contribution is -2.20. The lowest BCUT2D eigenvalue weighted by atomic mass is 10.2. The highest BCUT2D eigenvalue weighted by atomic mass is 32.2. The molecule has 0 bridgehead atoms. The highest BCUT2D eigenvalue weighted by Crippen LogP contribution is 2.40. The van der Waals surface area contributed by atoms with E-state index in [1.165, 1.54) is 24.6 Å². The Morgan fingerprint density at radius 1 is 1.43 bits per heavy atom. The molecular formula is C14H19N7OS. The Balaban J connectivity index is 1.35. The predicted molar refractivity (Wildman–Crippen MR) is 85.1 cm³/mol. The smallest absolute Gasteiger partial charge is 0.235 e. The summed E-state index contributed by atoms with van der Waals surface area (Å²) >= 11 is 1.37. The topological polar surface area (TPSA) is 90.5 Å². The van der Waals surface area contributed by atoms with Crippen molar-refractivity contribution in [3.05, 3.63) is 12.3 Å². The quantitative estimate of drug-likeness (QED) is 0.778. The van der Waals surface area contributed by atoms with Crippen LogP contribution in [0, 0.1) is 5.92 Å². The van der Waals surface area contributed by atoms with E-state index >= 15 is 0 Å². The summed E-state index contributed by atoms with van der Waals surface area (Å²) in [5.41, 5.74) is 0. The normalized spacial score (nSPS) is 18.8. The minimum Gasteiger partial charge on any atom is -0.310 e. The van der Waals surface area contributed by atoms with Gasteiger partial charge >= 0.3 is 0 Å². The second-order valence-corrected chi connectivity index (χ2v) is 7.16. The lowest BCUT2D eigenvalue weighted by molar-refractivity contribution is -0.113. The van der Waals surface area contributed by atoms with Crippen LogP contribution in [0.5, 0.6) is 0 Å². The number of hydrogen-bond donors (Lipinski definition) is 1. The largest absolute Gasteiger partial charge is 0.310 e. The van der Waals surface area contributed by atoms with E-state index in [-0.39, 0.29) is 11.7 Å². The number of amides is 1. The average Bonchev–Trinajstić information content (AvgIpc) is 3.47. The van der Waals surface area contributed by atoms with Crippen molar-refractivity contribution in [1.82, 2.24) is 30.0 Å². The Morgan fingerprint density at radius 2 is 2.26 bits per heavy atom. The molecule has 0 aromatic carbocycles. The molecule has 1 amide bonds. The second kappa shape index (κ2) is 5.95. The van der Waals surface area contributed by atoms with Gasteiger partial charge in [-0.3, -0.25) is 4.79 Å². The maximum atomic E-state index is 12.2. The number of carbonyl (C=O) groups excluding carboxylic acids is 1. The summed E-state index contributed by atoms with van der Waals surface area (Å²) in [6, 6.07) is 2.59. The summed E-state index contributed by atoms with van der Waals surface area (Å²) in [7, 11) is 0. The maximum Gasteiger partial charge on any atom is 0.235 e. The van der Waals surface area contributed by atoms with Gasteiger partial charge in [0.1, 0.15) is 5.82 Å². The molecule has 2 fully saturated rings. The Kier molecular flexibility index (Phi) is 3.80. The first-order valence-electron chi connectivity index (χ1n) is 7.96. The molecule has 2 heterocycles. The van der Waals surface area contributed by atoms with Crippen LogP contribution in [-0.2, 0) is 4.79 Å². The number of tetrazole rings is 1. The third-order valence-electron chi connectivity index (χ3n) is 4.32. The van der Waals surface area contributed by atoms with Crippen LogP contribution in [0.4, 0.5) is 5.82 Å². The van der Waals surface area contributed by atoms with Gasteiger partial charge in [-0.1, -0.05) is 11.8 Å². The molecule has 0 radical (unpaired) electrons. The molecule has 1 unspecified atom stereocenters. The van der Waals surface area contributed by atoms with Gasteiger partial charge in [0.2, 0.25) is 11.1 Å². The zero-order valence-electron chi connectivity index (χ0n) is 12.9. The van der Waals surface area contributed by atoms with Crippen LogP contribution in [0.1, 0.15) is 44.7 Å². The van der Waals surface area contributed by atoms with Gasteiger partial charge in [0.15, 0.2) is 0 Å². The molecule has 2 aliphatic carbocycles. The molecule has 1 N–H and O–H groups in total. The molecule has 2 aromatic rings. The molecule has 0 saturated heterocycles. The summed E-state index contributed by atoms with van der Waals surface area (Å²) in [6.45, 7) is 2.15. The minimum absolute atomic E-state index is 0.0647. The van der Waals surface area contributed by atoms with Crippen LogP contribution < -0.4 is 5.32 Å². The highest BCUT2D eigenvalue weighted by molar-refractivity contribution is 7.99. The van der Waals surface area contributed by atoms with Crippen molar-refractivity contribution in [2.45, 2.75) is 49.8 Å². The van der Waals surface area contributed by atoms with E-state index in [1.54, 1.807) is 6.20 Å². The van der Waals surface area contributed by atoms with Crippen LogP contribution in [0.3, 0.4) is 0 Å². The van der Waals surface area contributed by atoms with Crippen molar-refractivity contribution >= 4 is 23.5 Å². The molecule has 2 saturated carbocycles. The number of hydrogen-bond acceptors (Lipinski definition) is 6. The van der Waals surface area contributed by atoms with Crippen LogP contribution in [-0.4, -0.2) is 41.6 Å². The molecule has 0 aliphatic heterocycles. The summed E-state index contributed by atoms with van der Waals surface area (Å²) in [4.78, 5) is 12.2. The Morgan fingerprint density at radius 3 is 3.00 bits per heavy atom. The number of anilines is 1. The predicted octanol–water partition coefficient (Wildman–Crippen LogP) is 1.91.